The molecular formula is C19H31N5O5S. The van der Waals surface area contributed by atoms with Gasteiger partial charge in [-0.25, -0.2) is 13.2 Å². The highest BCUT2D eigenvalue weighted by atomic mass is 32.2. The number of hydrogen-bond acceptors (Lipinski definition) is 6. The van der Waals surface area contributed by atoms with Crippen molar-refractivity contribution in [1.82, 2.24) is 24.6 Å². The predicted octanol–water partition coefficient (Wildman–Crippen LogP) is 0.956. The van der Waals surface area contributed by atoms with Gasteiger partial charge in [0.05, 0.1) is 0 Å². The summed E-state index contributed by atoms with van der Waals surface area (Å²) in [5.74, 6) is 0.546. The highest BCUT2D eigenvalue weighted by molar-refractivity contribution is 7.89. The fourth-order valence-corrected chi connectivity index (χ4v) is 5.88. The highest BCUT2D eigenvalue weighted by Gasteiger charge is 2.35. The summed E-state index contributed by atoms with van der Waals surface area (Å²) in [7, 11) is -3.63. The van der Waals surface area contributed by atoms with Gasteiger partial charge in [-0.2, -0.15) is 4.31 Å². The first kappa shape index (κ1) is 22.5. The van der Waals surface area contributed by atoms with Gasteiger partial charge in [-0.1, -0.05) is 5.16 Å². The molecule has 11 heteroatoms. The maximum Gasteiger partial charge on any atom is 0.317 e. The molecule has 10 nitrogen and oxygen atoms in total. The fraction of sp³-hybridized carbons (Fsp3) is 0.737. The van der Waals surface area contributed by atoms with E-state index in [1.54, 1.807) is 18.7 Å². The summed E-state index contributed by atoms with van der Waals surface area (Å²) in [5.41, 5.74) is 0.372. The minimum Gasteiger partial charge on any atom is -0.360 e. The first-order valence-electron chi connectivity index (χ1n) is 10.5. The largest absolute Gasteiger partial charge is 0.360 e. The summed E-state index contributed by atoms with van der Waals surface area (Å²) in [6, 6.07) is -0.0866. The highest BCUT2D eigenvalue weighted by Crippen LogP contribution is 2.29. The number of urea groups is 1. The normalized spacial score (nSPS) is 19.2. The second-order valence-electron chi connectivity index (χ2n) is 7.91. The maximum atomic E-state index is 12.9. The zero-order valence-electron chi connectivity index (χ0n) is 17.9. The van der Waals surface area contributed by atoms with Crippen molar-refractivity contribution >= 4 is 22.0 Å². The van der Waals surface area contributed by atoms with Gasteiger partial charge in [-0.3, -0.25) is 4.79 Å². The van der Waals surface area contributed by atoms with Crippen molar-refractivity contribution in [1.29, 1.82) is 0 Å². The summed E-state index contributed by atoms with van der Waals surface area (Å²) in [6.45, 7) is 8.60. The van der Waals surface area contributed by atoms with Gasteiger partial charge in [0.2, 0.25) is 15.9 Å². The van der Waals surface area contributed by atoms with Gasteiger partial charge < -0.3 is 19.6 Å². The van der Waals surface area contributed by atoms with Crippen LogP contribution in [-0.4, -0.2) is 85.4 Å². The Balaban J connectivity index is 1.48. The predicted molar refractivity (Wildman–Crippen MR) is 109 cm³/mol. The number of aryl methyl sites for hydroxylation is 2. The molecule has 3 heterocycles. The van der Waals surface area contributed by atoms with E-state index in [0.717, 1.165) is 0 Å². The van der Waals surface area contributed by atoms with Crippen molar-refractivity contribution in [2.45, 2.75) is 44.9 Å². The number of sulfonamides is 1. The van der Waals surface area contributed by atoms with Crippen LogP contribution in [0.4, 0.5) is 4.79 Å². The number of hydrogen-bond donors (Lipinski definition) is 1. The number of piperazine rings is 1. The summed E-state index contributed by atoms with van der Waals surface area (Å²) in [5, 5.41) is 6.53. The van der Waals surface area contributed by atoms with E-state index in [1.165, 1.54) is 4.31 Å². The average molecular weight is 442 g/mol. The Morgan fingerprint density at radius 3 is 2.20 bits per heavy atom. The average Bonchev–Trinajstić information content (AvgIpc) is 3.07. The molecule has 0 radical (unpaired) electrons. The Kier molecular flexibility index (Phi) is 7.02. The van der Waals surface area contributed by atoms with Crippen LogP contribution < -0.4 is 5.32 Å². The van der Waals surface area contributed by atoms with Crippen LogP contribution in [-0.2, 0) is 14.8 Å². The van der Waals surface area contributed by atoms with Gasteiger partial charge in [0.15, 0.2) is 5.76 Å². The molecule has 168 valence electrons. The number of carbonyl (C=O) groups is 2. The number of carbonyl (C=O) groups excluding carboxylic acids is 2. The summed E-state index contributed by atoms with van der Waals surface area (Å²) >= 11 is 0. The molecule has 1 aromatic heterocycles. The van der Waals surface area contributed by atoms with E-state index >= 15 is 0 Å². The van der Waals surface area contributed by atoms with Gasteiger partial charge in [0.25, 0.3) is 0 Å². The Bertz CT molecular complexity index is 848. The van der Waals surface area contributed by atoms with E-state index in [2.05, 4.69) is 10.5 Å². The standard InChI is InChI=1S/C19H31N5O5S/c1-4-20-19(26)23-11-9-22(10-12-23)17(25)13-16-5-7-24(8-6-16)30(27,28)18-14(2)21-29-15(18)3/h16H,4-13H2,1-3H3,(H,20,26). The summed E-state index contributed by atoms with van der Waals surface area (Å²) < 4.78 is 32.3. The van der Waals surface area contributed by atoms with Crippen LogP contribution in [0.2, 0.25) is 0 Å². The minimum absolute atomic E-state index is 0.0811. The van der Waals surface area contributed by atoms with Gasteiger partial charge in [-0.15, -0.1) is 0 Å². The van der Waals surface area contributed by atoms with Crippen LogP contribution >= 0.6 is 0 Å². The van der Waals surface area contributed by atoms with Gasteiger partial charge in [0, 0.05) is 52.2 Å². The number of rotatable bonds is 5. The van der Waals surface area contributed by atoms with Gasteiger partial charge in [-0.05, 0) is 39.5 Å². The van der Waals surface area contributed by atoms with Crippen LogP contribution in [0.5, 0.6) is 0 Å². The lowest BCUT2D eigenvalue weighted by atomic mass is 9.94. The Morgan fingerprint density at radius 1 is 1.07 bits per heavy atom. The first-order chi connectivity index (χ1) is 14.2. The Morgan fingerprint density at radius 2 is 1.67 bits per heavy atom. The van der Waals surface area contributed by atoms with Gasteiger partial charge in [0.1, 0.15) is 10.6 Å². The van der Waals surface area contributed by atoms with Crippen LogP contribution in [0.1, 0.15) is 37.6 Å². The van der Waals surface area contributed by atoms with Crippen molar-refractivity contribution in [3.63, 3.8) is 0 Å². The third-order valence-electron chi connectivity index (χ3n) is 5.85. The molecule has 2 fully saturated rings. The molecule has 3 rings (SSSR count). The molecule has 0 bridgehead atoms. The maximum absolute atomic E-state index is 12.9. The monoisotopic (exact) mass is 441 g/mol. The number of nitrogens with zero attached hydrogens (tertiary/aromatic N) is 4. The molecule has 30 heavy (non-hydrogen) atoms. The molecule has 0 atom stereocenters. The molecule has 3 amide bonds. The lowest BCUT2D eigenvalue weighted by molar-refractivity contribution is -0.133. The molecule has 0 unspecified atom stereocenters. The lowest BCUT2D eigenvalue weighted by Gasteiger charge is -2.36. The smallest absolute Gasteiger partial charge is 0.317 e. The third kappa shape index (κ3) is 4.77. The van der Waals surface area contributed by atoms with Crippen molar-refractivity contribution < 1.29 is 22.5 Å². The Labute approximate surface area is 177 Å². The Hall–Kier alpha value is -2.14. The second-order valence-corrected chi connectivity index (χ2v) is 9.78. The quantitative estimate of drug-likeness (QED) is 0.727. The fourth-order valence-electron chi connectivity index (χ4n) is 4.12. The van der Waals surface area contributed by atoms with Crippen LogP contribution in [0, 0.1) is 19.8 Å². The molecule has 0 spiro atoms. The molecule has 0 saturated carbocycles. The zero-order valence-corrected chi connectivity index (χ0v) is 18.7. The molecule has 0 aliphatic carbocycles. The van der Waals surface area contributed by atoms with Crippen molar-refractivity contribution in [3.05, 3.63) is 11.5 Å². The van der Waals surface area contributed by atoms with Crippen LogP contribution in [0.25, 0.3) is 0 Å². The topological polar surface area (TPSA) is 116 Å². The van der Waals surface area contributed by atoms with E-state index in [1.807, 2.05) is 11.8 Å². The number of nitrogens with one attached hydrogen (secondary N) is 1. The molecular weight excluding hydrogens is 410 g/mol. The van der Waals surface area contributed by atoms with Crippen LogP contribution in [0.3, 0.4) is 0 Å². The molecule has 2 aliphatic rings. The van der Waals surface area contributed by atoms with E-state index in [0.29, 0.717) is 76.5 Å². The van der Waals surface area contributed by atoms with E-state index in [4.69, 9.17) is 4.52 Å². The summed E-state index contributed by atoms with van der Waals surface area (Å²) in [6.07, 6.45) is 1.71. The zero-order chi connectivity index (χ0) is 21.9. The van der Waals surface area contributed by atoms with Gasteiger partial charge >= 0.3 is 6.03 Å². The molecule has 0 aromatic carbocycles. The lowest BCUT2D eigenvalue weighted by Crippen LogP contribution is -2.53. The summed E-state index contributed by atoms with van der Waals surface area (Å²) in [4.78, 5) is 28.2. The van der Waals surface area contributed by atoms with Crippen molar-refractivity contribution in [2.24, 2.45) is 5.92 Å². The van der Waals surface area contributed by atoms with Crippen LogP contribution in [0.15, 0.2) is 9.42 Å². The molecule has 2 saturated heterocycles. The van der Waals surface area contributed by atoms with Crippen molar-refractivity contribution in [2.75, 3.05) is 45.8 Å². The minimum atomic E-state index is -3.63. The number of amides is 3. The third-order valence-corrected chi connectivity index (χ3v) is 7.99. The van der Waals surface area contributed by atoms with E-state index < -0.39 is 10.0 Å². The number of aromatic nitrogens is 1. The van der Waals surface area contributed by atoms with Crippen molar-refractivity contribution in [3.8, 4) is 0 Å². The molecule has 1 N–H and O–H groups in total. The van der Waals surface area contributed by atoms with E-state index in [-0.39, 0.29) is 22.8 Å². The molecule has 1 aromatic rings. The van der Waals surface area contributed by atoms with E-state index in [9.17, 15) is 18.0 Å². The molecule has 2 aliphatic heterocycles. The number of piperidine rings is 1. The first-order valence-corrected chi connectivity index (χ1v) is 11.9. The second kappa shape index (κ2) is 9.34. The SMILES string of the molecule is CCNC(=O)N1CCN(C(=O)CC2CCN(S(=O)(=O)c3c(C)noc3C)CC2)CC1.